The van der Waals surface area contributed by atoms with Crippen molar-refractivity contribution in [1.29, 1.82) is 5.26 Å². The van der Waals surface area contributed by atoms with E-state index in [2.05, 4.69) is 23.6 Å². The van der Waals surface area contributed by atoms with Gasteiger partial charge in [0, 0.05) is 12.1 Å². The van der Waals surface area contributed by atoms with Crippen LogP contribution in [0, 0.1) is 17.1 Å². The van der Waals surface area contributed by atoms with Crippen molar-refractivity contribution >= 4 is 11.7 Å². The molecule has 0 fully saturated rings. The normalized spacial score (nSPS) is 16.3. The van der Waals surface area contributed by atoms with Crippen molar-refractivity contribution in [2.45, 2.75) is 31.4 Å². The van der Waals surface area contributed by atoms with E-state index in [0.29, 0.717) is 30.0 Å². The van der Waals surface area contributed by atoms with E-state index < -0.39 is 18.1 Å². The first-order valence-corrected chi connectivity index (χ1v) is 11.2. The molecule has 0 saturated heterocycles. The summed E-state index contributed by atoms with van der Waals surface area (Å²) >= 11 is 0. The zero-order valence-electron chi connectivity index (χ0n) is 18.8. The van der Waals surface area contributed by atoms with E-state index in [1.54, 1.807) is 30.3 Å². The number of nitriles is 1. The average molecular weight is 460 g/mol. The van der Waals surface area contributed by atoms with Crippen LogP contribution in [0.25, 0.3) is 0 Å². The second kappa shape index (κ2) is 10.4. The summed E-state index contributed by atoms with van der Waals surface area (Å²) in [6, 6.07) is 21.2. The molecule has 7 heteroatoms. The van der Waals surface area contributed by atoms with Gasteiger partial charge in [-0.3, -0.25) is 4.79 Å². The summed E-state index contributed by atoms with van der Waals surface area (Å²) in [5.74, 6) is -0.621. The maximum absolute atomic E-state index is 14.8. The summed E-state index contributed by atoms with van der Waals surface area (Å²) < 4.78 is 21.1. The van der Waals surface area contributed by atoms with Gasteiger partial charge in [0.25, 0.3) is 0 Å². The number of anilines is 1. The number of rotatable bonds is 8. The first-order valence-electron chi connectivity index (χ1n) is 11.2. The molecule has 6 nitrogen and oxygen atoms in total. The number of ether oxygens (including phenoxy) is 1. The maximum Gasteiger partial charge on any atom is 0.307 e. The highest BCUT2D eigenvalue weighted by molar-refractivity contribution is 5.70. The van der Waals surface area contributed by atoms with Crippen LogP contribution in [0.2, 0.25) is 0 Å². The van der Waals surface area contributed by atoms with Gasteiger partial charge in [-0.2, -0.15) is 5.26 Å². The van der Waals surface area contributed by atoms with E-state index >= 15 is 0 Å². The Hall–Kier alpha value is -3.89. The van der Waals surface area contributed by atoms with Crippen molar-refractivity contribution in [3.63, 3.8) is 0 Å². The number of fused-ring (bicyclic) bond motifs is 1. The summed E-state index contributed by atoms with van der Waals surface area (Å²) in [5, 5.41) is 25.2. The van der Waals surface area contributed by atoms with Crippen molar-refractivity contribution < 1.29 is 19.0 Å². The smallest absolute Gasteiger partial charge is 0.307 e. The zero-order valence-corrected chi connectivity index (χ0v) is 18.8. The van der Waals surface area contributed by atoms with E-state index in [4.69, 9.17) is 9.84 Å². The highest BCUT2D eigenvalue weighted by atomic mass is 19.1. The fourth-order valence-electron chi connectivity index (χ4n) is 4.21. The van der Waals surface area contributed by atoms with Crippen LogP contribution in [0.15, 0.2) is 66.7 Å². The Labute approximate surface area is 198 Å². The van der Waals surface area contributed by atoms with Crippen LogP contribution in [0.5, 0.6) is 5.75 Å². The Morgan fingerprint density at radius 2 is 1.97 bits per heavy atom. The van der Waals surface area contributed by atoms with Crippen molar-refractivity contribution in [1.82, 2.24) is 5.32 Å². The number of nitrogens with zero attached hydrogens (tertiary/aromatic N) is 1. The Bertz CT molecular complexity index is 1210. The number of aliphatic carboxylic acids is 1. The standard InChI is InChI=1S/C27H26FN3O3/c1-17(19-11-9-18(10-12-19)13-25(32)33)15-31-26(21-6-2-3-7-22(21)28)24-16-30-23-8-4-5-20(14-29)27(23)34-24/h2-12,17,24,26,30-31H,13,15-16H2,1H3,(H,32,33)/t17?,24-,26-/m1/s1. The minimum absolute atomic E-state index is 0.0134. The highest BCUT2D eigenvalue weighted by Gasteiger charge is 2.32. The molecular formula is C27H26FN3O3. The molecular weight excluding hydrogens is 433 g/mol. The maximum atomic E-state index is 14.8. The van der Waals surface area contributed by atoms with E-state index in [-0.39, 0.29) is 18.2 Å². The molecule has 0 bridgehead atoms. The van der Waals surface area contributed by atoms with Crippen LogP contribution in [-0.2, 0) is 11.2 Å². The first-order chi connectivity index (χ1) is 16.5. The molecule has 1 unspecified atom stereocenters. The van der Waals surface area contributed by atoms with Gasteiger partial charge in [-0.25, -0.2) is 4.39 Å². The molecule has 1 aliphatic heterocycles. The Morgan fingerprint density at radius 1 is 1.21 bits per heavy atom. The predicted octanol–water partition coefficient (Wildman–Crippen LogP) is 4.63. The van der Waals surface area contributed by atoms with Crippen LogP contribution in [0.4, 0.5) is 10.1 Å². The van der Waals surface area contributed by atoms with Gasteiger partial charge in [0.05, 0.1) is 30.3 Å². The van der Waals surface area contributed by atoms with Gasteiger partial charge in [-0.05, 0) is 35.2 Å². The van der Waals surface area contributed by atoms with Gasteiger partial charge in [0.2, 0.25) is 0 Å². The molecule has 3 aromatic rings. The second-order valence-electron chi connectivity index (χ2n) is 8.45. The molecule has 3 N–H and O–H groups in total. The van der Waals surface area contributed by atoms with E-state index in [0.717, 1.165) is 16.8 Å². The molecule has 0 aliphatic carbocycles. The minimum atomic E-state index is -0.864. The van der Waals surface area contributed by atoms with Gasteiger partial charge in [-0.15, -0.1) is 0 Å². The summed E-state index contributed by atoms with van der Waals surface area (Å²) in [7, 11) is 0. The summed E-state index contributed by atoms with van der Waals surface area (Å²) in [6.45, 7) is 3.05. The highest BCUT2D eigenvalue weighted by Crippen LogP contribution is 2.36. The van der Waals surface area contributed by atoms with Gasteiger partial charge >= 0.3 is 5.97 Å². The SMILES string of the molecule is CC(CN[C@H](c1ccccc1F)[C@H]1CNc2cccc(C#N)c2O1)c1ccc(CC(=O)O)cc1. The molecule has 0 saturated carbocycles. The van der Waals surface area contributed by atoms with Crippen LogP contribution >= 0.6 is 0 Å². The number of halogens is 1. The summed E-state index contributed by atoms with van der Waals surface area (Å²) in [4.78, 5) is 10.9. The van der Waals surface area contributed by atoms with Crippen molar-refractivity contribution in [3.05, 3.63) is 94.8 Å². The van der Waals surface area contributed by atoms with E-state index in [9.17, 15) is 14.4 Å². The molecule has 1 heterocycles. The molecule has 0 amide bonds. The molecule has 0 radical (unpaired) electrons. The quantitative estimate of drug-likeness (QED) is 0.455. The van der Waals surface area contributed by atoms with Crippen molar-refractivity contribution in [2.75, 3.05) is 18.4 Å². The van der Waals surface area contributed by atoms with E-state index in [1.165, 1.54) is 6.07 Å². The largest absolute Gasteiger partial charge is 0.483 e. The van der Waals surface area contributed by atoms with Crippen molar-refractivity contribution in [2.24, 2.45) is 0 Å². The molecule has 3 aromatic carbocycles. The van der Waals surface area contributed by atoms with Gasteiger partial charge in [0.1, 0.15) is 18.0 Å². The number of benzene rings is 3. The molecule has 34 heavy (non-hydrogen) atoms. The van der Waals surface area contributed by atoms with Crippen molar-refractivity contribution in [3.8, 4) is 11.8 Å². The number of nitrogens with one attached hydrogen (secondary N) is 2. The summed E-state index contributed by atoms with van der Waals surface area (Å²) in [5.41, 5.74) is 3.47. The van der Waals surface area contributed by atoms with Crippen LogP contribution in [0.1, 0.15) is 41.1 Å². The van der Waals surface area contributed by atoms with E-state index in [1.807, 2.05) is 30.3 Å². The van der Waals surface area contributed by atoms with Crippen LogP contribution in [0.3, 0.4) is 0 Å². The number of carbonyl (C=O) groups is 1. The third-order valence-corrected chi connectivity index (χ3v) is 6.06. The monoisotopic (exact) mass is 459 g/mol. The van der Waals surface area contributed by atoms with Gasteiger partial charge < -0.3 is 20.5 Å². The third kappa shape index (κ3) is 5.19. The summed E-state index contributed by atoms with van der Waals surface area (Å²) in [6.07, 6.45) is -0.454. The fourth-order valence-corrected chi connectivity index (χ4v) is 4.21. The Balaban J connectivity index is 1.54. The number of para-hydroxylation sites is 1. The first kappa shape index (κ1) is 23.3. The fraction of sp³-hybridized carbons (Fsp3) is 0.259. The molecule has 0 spiro atoms. The number of hydrogen-bond acceptors (Lipinski definition) is 5. The third-order valence-electron chi connectivity index (χ3n) is 6.06. The lowest BCUT2D eigenvalue weighted by molar-refractivity contribution is -0.136. The number of hydrogen-bond donors (Lipinski definition) is 3. The molecule has 0 aromatic heterocycles. The molecule has 174 valence electrons. The Morgan fingerprint density at radius 3 is 2.68 bits per heavy atom. The van der Waals surface area contributed by atoms with Crippen LogP contribution < -0.4 is 15.4 Å². The van der Waals surface area contributed by atoms with Gasteiger partial charge in [0.15, 0.2) is 5.75 Å². The van der Waals surface area contributed by atoms with Gasteiger partial charge in [-0.1, -0.05) is 55.5 Å². The number of carboxylic acid groups (broad SMARTS) is 1. The Kier molecular flexibility index (Phi) is 7.09. The zero-order chi connectivity index (χ0) is 24.1. The lowest BCUT2D eigenvalue weighted by atomic mass is 9.95. The molecule has 4 rings (SSSR count). The molecule has 1 aliphatic rings. The number of carboxylic acids is 1. The van der Waals surface area contributed by atoms with Crippen LogP contribution in [-0.4, -0.2) is 30.3 Å². The predicted molar refractivity (Wildman–Crippen MR) is 127 cm³/mol. The topological polar surface area (TPSA) is 94.4 Å². The lowest BCUT2D eigenvalue weighted by Crippen LogP contribution is -2.44. The minimum Gasteiger partial charge on any atom is -0.483 e. The average Bonchev–Trinajstić information content (AvgIpc) is 2.84. The lowest BCUT2D eigenvalue weighted by Gasteiger charge is -2.35. The molecule has 3 atom stereocenters. The second-order valence-corrected chi connectivity index (χ2v) is 8.45.